The second-order valence-electron chi connectivity index (χ2n) is 3.46. The zero-order valence-electron chi connectivity index (χ0n) is 8.24. The molecule has 0 fully saturated rings. The fraction of sp³-hybridized carbons (Fsp3) is 0.364. The van der Waals surface area contributed by atoms with Crippen molar-refractivity contribution in [2.75, 3.05) is 7.11 Å². The third-order valence-electron chi connectivity index (χ3n) is 2.45. The number of methoxy groups -OCH3 is 1. The van der Waals surface area contributed by atoms with Crippen molar-refractivity contribution in [1.29, 1.82) is 0 Å². The predicted octanol–water partition coefficient (Wildman–Crippen LogP) is 2.11. The van der Waals surface area contributed by atoms with Gasteiger partial charge in [-0.3, -0.25) is 4.79 Å². The van der Waals surface area contributed by atoms with Crippen LogP contribution in [-0.4, -0.2) is 13.1 Å². The first-order valence-electron chi connectivity index (χ1n) is 4.60. The summed E-state index contributed by atoms with van der Waals surface area (Å²) in [6.45, 7) is 2.01. The van der Waals surface area contributed by atoms with E-state index in [2.05, 4.69) is 0 Å². The van der Waals surface area contributed by atoms with Crippen molar-refractivity contribution >= 4 is 5.97 Å². The fourth-order valence-electron chi connectivity index (χ4n) is 1.71. The highest BCUT2D eigenvalue weighted by atomic mass is 16.6. The minimum atomic E-state index is -0.186. The maximum atomic E-state index is 11.2. The first-order chi connectivity index (χ1) is 6.72. The Morgan fingerprint density at radius 1 is 1.50 bits per heavy atom. The van der Waals surface area contributed by atoms with E-state index in [0.717, 1.165) is 5.56 Å². The third kappa shape index (κ3) is 1.35. The Hall–Kier alpha value is -1.51. The van der Waals surface area contributed by atoms with Crippen LogP contribution in [0.25, 0.3) is 0 Å². The van der Waals surface area contributed by atoms with Gasteiger partial charge in [-0.05, 0) is 12.0 Å². The fourth-order valence-corrected chi connectivity index (χ4v) is 1.71. The van der Waals surface area contributed by atoms with E-state index in [9.17, 15) is 4.79 Å². The first kappa shape index (κ1) is 9.06. The lowest BCUT2D eigenvalue weighted by molar-refractivity contribution is -0.135. The van der Waals surface area contributed by atoms with Gasteiger partial charge in [-0.15, -0.1) is 0 Å². The number of fused-ring (bicyclic) bond motifs is 1. The number of hydrogen-bond donors (Lipinski definition) is 0. The van der Waals surface area contributed by atoms with Gasteiger partial charge >= 0.3 is 5.97 Å². The summed E-state index contributed by atoms with van der Waals surface area (Å²) in [5, 5.41) is 0. The molecule has 1 aliphatic rings. The van der Waals surface area contributed by atoms with Gasteiger partial charge in [0, 0.05) is 5.56 Å². The average Bonchev–Trinajstić information content (AvgIpc) is 2.17. The van der Waals surface area contributed by atoms with Gasteiger partial charge in [-0.25, -0.2) is 0 Å². The third-order valence-corrected chi connectivity index (χ3v) is 2.45. The highest BCUT2D eigenvalue weighted by Gasteiger charge is 2.26. The van der Waals surface area contributed by atoms with Crippen molar-refractivity contribution in [3.05, 3.63) is 23.8 Å². The Kier molecular flexibility index (Phi) is 2.15. The highest BCUT2D eigenvalue weighted by Crippen LogP contribution is 2.40. The molecule has 1 aliphatic heterocycles. The Balaban J connectivity index is 2.52. The standard InChI is InChI=1S/C11H12O3/c1-7-6-10(12)14-11-8(7)4-3-5-9(11)13-2/h3-5,7H,6H2,1-2H3/t7-/m0/s1. The number of carbonyl (C=O) groups is 1. The van der Waals surface area contributed by atoms with E-state index in [1.165, 1.54) is 0 Å². The summed E-state index contributed by atoms with van der Waals surface area (Å²) >= 11 is 0. The number of carbonyl (C=O) groups excluding carboxylic acids is 1. The van der Waals surface area contributed by atoms with Crippen molar-refractivity contribution < 1.29 is 14.3 Å². The molecule has 0 saturated carbocycles. The van der Waals surface area contributed by atoms with Crippen LogP contribution in [0.4, 0.5) is 0 Å². The number of hydrogen-bond acceptors (Lipinski definition) is 3. The summed E-state index contributed by atoms with van der Waals surface area (Å²) in [5.74, 6) is 1.23. The van der Waals surface area contributed by atoms with E-state index in [1.54, 1.807) is 13.2 Å². The summed E-state index contributed by atoms with van der Waals surface area (Å²) in [6, 6.07) is 5.67. The van der Waals surface area contributed by atoms with Crippen LogP contribution in [0.3, 0.4) is 0 Å². The maximum absolute atomic E-state index is 11.2. The molecule has 0 aliphatic carbocycles. The molecule has 0 unspecified atom stereocenters. The molecule has 0 radical (unpaired) electrons. The van der Waals surface area contributed by atoms with Gasteiger partial charge in [0.1, 0.15) is 0 Å². The molecule has 74 valence electrons. The molecule has 0 bridgehead atoms. The van der Waals surface area contributed by atoms with Crippen molar-refractivity contribution in [1.82, 2.24) is 0 Å². The summed E-state index contributed by atoms with van der Waals surface area (Å²) in [6.07, 6.45) is 0.445. The Bertz CT molecular complexity index is 371. The maximum Gasteiger partial charge on any atom is 0.311 e. The lowest BCUT2D eigenvalue weighted by Gasteiger charge is -2.22. The summed E-state index contributed by atoms with van der Waals surface area (Å²) < 4.78 is 10.3. The molecule has 0 amide bonds. The van der Waals surface area contributed by atoms with Crippen LogP contribution in [0.5, 0.6) is 11.5 Å². The van der Waals surface area contributed by atoms with Crippen LogP contribution in [-0.2, 0) is 4.79 Å². The average molecular weight is 192 g/mol. The summed E-state index contributed by atoms with van der Waals surface area (Å²) in [7, 11) is 1.57. The summed E-state index contributed by atoms with van der Waals surface area (Å²) in [4.78, 5) is 11.2. The molecule has 14 heavy (non-hydrogen) atoms. The zero-order valence-corrected chi connectivity index (χ0v) is 8.24. The van der Waals surface area contributed by atoms with E-state index in [4.69, 9.17) is 9.47 Å². The van der Waals surface area contributed by atoms with Crippen LogP contribution in [0, 0.1) is 0 Å². The molecule has 1 atom stereocenters. The van der Waals surface area contributed by atoms with Gasteiger partial charge in [0.05, 0.1) is 13.5 Å². The van der Waals surface area contributed by atoms with Crippen LogP contribution in [0.15, 0.2) is 18.2 Å². The highest BCUT2D eigenvalue weighted by molar-refractivity contribution is 5.77. The van der Waals surface area contributed by atoms with Gasteiger partial charge in [-0.1, -0.05) is 19.1 Å². The topological polar surface area (TPSA) is 35.5 Å². The van der Waals surface area contributed by atoms with Crippen molar-refractivity contribution in [2.45, 2.75) is 19.3 Å². The number of ether oxygens (including phenoxy) is 2. The quantitative estimate of drug-likeness (QED) is 0.505. The molecule has 1 aromatic carbocycles. The Morgan fingerprint density at radius 3 is 3.00 bits per heavy atom. The normalized spacial score (nSPS) is 19.9. The van der Waals surface area contributed by atoms with Gasteiger partial charge < -0.3 is 9.47 Å². The first-order valence-corrected chi connectivity index (χ1v) is 4.60. The van der Waals surface area contributed by atoms with Gasteiger partial charge in [0.25, 0.3) is 0 Å². The molecule has 0 spiro atoms. The van der Waals surface area contributed by atoms with E-state index >= 15 is 0 Å². The van der Waals surface area contributed by atoms with Gasteiger partial charge in [-0.2, -0.15) is 0 Å². The smallest absolute Gasteiger partial charge is 0.311 e. The Morgan fingerprint density at radius 2 is 2.29 bits per heavy atom. The minimum Gasteiger partial charge on any atom is -0.493 e. The molecular weight excluding hydrogens is 180 g/mol. The van der Waals surface area contributed by atoms with Crippen LogP contribution < -0.4 is 9.47 Å². The van der Waals surface area contributed by atoms with Crippen LogP contribution in [0.2, 0.25) is 0 Å². The molecule has 0 aromatic heterocycles. The van der Waals surface area contributed by atoms with Crippen molar-refractivity contribution in [3.8, 4) is 11.5 Å². The molecule has 0 saturated heterocycles. The van der Waals surface area contributed by atoms with E-state index < -0.39 is 0 Å². The molecule has 0 N–H and O–H groups in total. The number of para-hydroxylation sites is 1. The molecule has 3 nitrogen and oxygen atoms in total. The van der Waals surface area contributed by atoms with Crippen LogP contribution in [0.1, 0.15) is 24.8 Å². The molecule has 2 rings (SSSR count). The Labute approximate surface area is 82.6 Å². The van der Waals surface area contributed by atoms with Gasteiger partial charge in [0.15, 0.2) is 11.5 Å². The van der Waals surface area contributed by atoms with E-state index in [0.29, 0.717) is 17.9 Å². The predicted molar refractivity (Wildman–Crippen MR) is 51.7 cm³/mol. The molecule has 1 aromatic rings. The van der Waals surface area contributed by atoms with Crippen LogP contribution >= 0.6 is 0 Å². The lowest BCUT2D eigenvalue weighted by atomic mass is 9.94. The van der Waals surface area contributed by atoms with Crippen molar-refractivity contribution in [3.63, 3.8) is 0 Å². The lowest BCUT2D eigenvalue weighted by Crippen LogP contribution is -2.19. The second-order valence-corrected chi connectivity index (χ2v) is 3.46. The zero-order chi connectivity index (χ0) is 10.1. The number of rotatable bonds is 1. The molecular formula is C11H12O3. The molecule has 3 heteroatoms. The number of benzene rings is 1. The minimum absolute atomic E-state index is 0.186. The second kappa shape index (κ2) is 3.33. The van der Waals surface area contributed by atoms with E-state index in [1.807, 2.05) is 19.1 Å². The SMILES string of the molecule is COc1cccc2c1OC(=O)C[C@@H]2C. The molecule has 1 heterocycles. The van der Waals surface area contributed by atoms with E-state index in [-0.39, 0.29) is 11.9 Å². The summed E-state index contributed by atoms with van der Waals surface area (Å²) in [5.41, 5.74) is 1.05. The van der Waals surface area contributed by atoms with Crippen molar-refractivity contribution in [2.24, 2.45) is 0 Å². The number of esters is 1. The monoisotopic (exact) mass is 192 g/mol. The largest absolute Gasteiger partial charge is 0.493 e. The van der Waals surface area contributed by atoms with Gasteiger partial charge in [0.2, 0.25) is 0 Å².